The third-order valence-electron chi connectivity index (χ3n) is 13.8. The van der Waals surface area contributed by atoms with E-state index in [2.05, 4.69) is 0 Å². The predicted molar refractivity (Wildman–Crippen MR) is 241 cm³/mol. The number of carboxylic acids is 1. The first-order chi connectivity index (χ1) is 30.6. The van der Waals surface area contributed by atoms with E-state index in [0.29, 0.717) is 12.8 Å². The maximum Gasteiger partial charge on any atom is 0.311 e. The number of ether oxygens (including phenoxy) is 3. The Morgan fingerprint density at radius 3 is 1.51 bits per heavy atom. The largest absolute Gasteiger partial charge is 0.481 e. The Balaban J connectivity index is 2.11. The molecular weight excluding hydrogens is 851 g/mol. The van der Waals surface area contributed by atoms with Crippen molar-refractivity contribution in [3.63, 3.8) is 0 Å². The number of nitrogens with two attached hydrogens (primary N) is 1. The summed E-state index contributed by atoms with van der Waals surface area (Å²) in [6, 6.07) is -1.08. The van der Waals surface area contributed by atoms with E-state index >= 15 is 0 Å². The molecule has 20 atom stereocenters. The minimum Gasteiger partial charge on any atom is -0.481 e. The average molecular weight is 942 g/mol. The summed E-state index contributed by atoms with van der Waals surface area (Å²) in [5, 5.41) is 138. The summed E-state index contributed by atoms with van der Waals surface area (Å²) in [5.74, 6) is -3.57. The molecule has 2 aliphatic heterocycles. The van der Waals surface area contributed by atoms with Gasteiger partial charge < -0.3 is 86.3 Å². The fraction of sp³-hybridized carbons (Fsp3) is 0.979. The van der Waals surface area contributed by atoms with Gasteiger partial charge in [0.25, 0.3) is 0 Å². The van der Waals surface area contributed by atoms with E-state index in [1.54, 1.807) is 13.8 Å². The number of hydrogen-bond donors (Lipinski definition) is 14. The molecule has 2 rings (SSSR count). The number of carbonyl (C=O) groups is 1. The van der Waals surface area contributed by atoms with Gasteiger partial charge in [0.15, 0.2) is 12.6 Å². The van der Waals surface area contributed by atoms with Gasteiger partial charge in [-0.05, 0) is 58.3 Å². The Morgan fingerprint density at radius 1 is 0.477 bits per heavy atom. The molecule has 15 N–H and O–H groups in total. The number of aliphatic carboxylic acids is 1. The number of aliphatic hydroxyl groups is 12. The Kier molecular flexibility index (Phi) is 29.4. The van der Waals surface area contributed by atoms with Crippen molar-refractivity contribution in [1.29, 1.82) is 0 Å². The maximum absolute atomic E-state index is 12.4. The molecule has 0 amide bonds. The monoisotopic (exact) mass is 942 g/mol. The van der Waals surface area contributed by atoms with Gasteiger partial charge in [-0.25, -0.2) is 0 Å². The van der Waals surface area contributed by atoms with E-state index < -0.39 is 135 Å². The molecule has 0 unspecified atom stereocenters. The average Bonchev–Trinajstić information content (AvgIpc) is 3.22. The van der Waals surface area contributed by atoms with Gasteiger partial charge in [-0.3, -0.25) is 4.79 Å². The van der Waals surface area contributed by atoms with Gasteiger partial charge in [0, 0.05) is 31.6 Å². The van der Waals surface area contributed by atoms with Crippen LogP contribution in [-0.4, -0.2) is 176 Å². The molecule has 18 heteroatoms. The van der Waals surface area contributed by atoms with E-state index in [0.717, 1.165) is 77.0 Å². The van der Waals surface area contributed by atoms with E-state index in [1.165, 1.54) is 0 Å². The van der Waals surface area contributed by atoms with Crippen LogP contribution in [0.15, 0.2) is 0 Å². The van der Waals surface area contributed by atoms with Crippen LogP contribution in [0.5, 0.6) is 0 Å². The topological polar surface area (TPSA) is 334 Å². The van der Waals surface area contributed by atoms with Crippen LogP contribution in [0.25, 0.3) is 0 Å². The molecule has 0 spiro atoms. The van der Waals surface area contributed by atoms with Gasteiger partial charge in [-0.1, -0.05) is 90.9 Å². The van der Waals surface area contributed by atoms with Crippen LogP contribution in [0.1, 0.15) is 169 Å². The highest BCUT2D eigenvalue weighted by molar-refractivity contribution is 5.71. The fourth-order valence-corrected chi connectivity index (χ4v) is 9.30. The zero-order chi connectivity index (χ0) is 48.8. The molecule has 2 heterocycles. The van der Waals surface area contributed by atoms with Crippen LogP contribution in [0.3, 0.4) is 0 Å². The van der Waals surface area contributed by atoms with Crippen molar-refractivity contribution in [2.75, 3.05) is 0 Å². The van der Waals surface area contributed by atoms with Gasteiger partial charge in [-0.15, -0.1) is 0 Å². The SMILES string of the molecule is C[C@@H]1[C@@H](O)[C@H](C)CCCCCCCCCCCCCC[C@H](O[C@@H]2O[C@H](C)[C@H](O)[C@H](N)[C@@H]2O)C[C@H](O)[C@H](C(=O)O)[C@H](O)C[C@H](O)C[C@H](O)C[C@H](O)[C@H](O)CC[C@H](O)C[C@H](O)C[C@H](O)O[C@@H]1C. The van der Waals surface area contributed by atoms with Gasteiger partial charge in [-0.2, -0.15) is 0 Å². The molecule has 0 saturated carbocycles. The highest BCUT2D eigenvalue weighted by atomic mass is 16.7. The van der Waals surface area contributed by atoms with Crippen LogP contribution in [-0.2, 0) is 19.0 Å². The summed E-state index contributed by atoms with van der Waals surface area (Å²) in [7, 11) is 0. The van der Waals surface area contributed by atoms with Crippen molar-refractivity contribution in [2.24, 2.45) is 23.5 Å². The van der Waals surface area contributed by atoms with Crippen LogP contribution in [0.4, 0.5) is 0 Å². The Bertz CT molecular complexity index is 1240. The Hall–Kier alpha value is -1.17. The lowest BCUT2D eigenvalue weighted by Gasteiger charge is -2.41. The molecule has 0 aromatic carbocycles. The maximum atomic E-state index is 12.4. The molecule has 386 valence electrons. The van der Waals surface area contributed by atoms with E-state index in [-0.39, 0.29) is 43.9 Å². The lowest BCUT2D eigenvalue weighted by molar-refractivity contribution is -0.283. The zero-order valence-electron chi connectivity index (χ0n) is 39.6. The number of hydrogen-bond acceptors (Lipinski definition) is 17. The second kappa shape index (κ2) is 31.9. The van der Waals surface area contributed by atoms with Gasteiger partial charge >= 0.3 is 5.97 Å². The molecular formula is C47H91NO17. The summed E-state index contributed by atoms with van der Waals surface area (Å²) >= 11 is 0. The molecule has 18 nitrogen and oxygen atoms in total. The Labute approximate surface area is 387 Å². The fourth-order valence-electron chi connectivity index (χ4n) is 9.30. The molecule has 2 fully saturated rings. The van der Waals surface area contributed by atoms with Crippen LogP contribution < -0.4 is 5.73 Å². The molecule has 2 saturated heterocycles. The second-order valence-electron chi connectivity index (χ2n) is 19.7. The number of rotatable bonds is 3. The standard InChI is InChI=1S/C47H91NO17/c1-27-17-15-13-11-9-7-5-6-8-10-12-14-16-18-35(65-47-45(60)42(48)44(59)30(4)64-47)26-39(56)41(46(61)62)38(55)24-33(51)22-32(50)23-37(54)36(53)20-19-31(49)21-34(52)25-40(57)63-29(3)28(2)43(27)58/h27-45,47,49-60H,5-26,48H2,1-4H3,(H,61,62)/t27-,28+,29-,30-,31+,32+,33-,34+,35+,36-,37+,38-,39+,40-,41-,42+,43+,44+,45+,47+/m1/s1. The van der Waals surface area contributed by atoms with Gasteiger partial charge in [0.05, 0.1) is 85.4 Å². The molecule has 0 aromatic rings. The molecule has 2 aliphatic rings. The quantitative estimate of drug-likeness (QED) is 0.191. The lowest BCUT2D eigenvalue weighted by Crippen LogP contribution is -2.61. The predicted octanol–water partition coefficient (Wildman–Crippen LogP) is 1.71. The summed E-state index contributed by atoms with van der Waals surface area (Å²) < 4.78 is 17.5. The first-order valence-corrected chi connectivity index (χ1v) is 24.7. The lowest BCUT2D eigenvalue weighted by atomic mass is 9.86. The van der Waals surface area contributed by atoms with Gasteiger partial charge in [0.2, 0.25) is 0 Å². The van der Waals surface area contributed by atoms with Crippen molar-refractivity contribution >= 4 is 5.97 Å². The third-order valence-corrected chi connectivity index (χ3v) is 13.8. The van der Waals surface area contributed by atoms with Crippen molar-refractivity contribution < 1.29 is 85.4 Å². The van der Waals surface area contributed by atoms with Crippen LogP contribution >= 0.6 is 0 Å². The van der Waals surface area contributed by atoms with E-state index in [1.807, 2.05) is 13.8 Å². The number of carboxylic acid groups (broad SMARTS) is 1. The minimum atomic E-state index is -1.78. The first-order valence-electron chi connectivity index (χ1n) is 24.7. The summed E-state index contributed by atoms with van der Waals surface area (Å²) in [6.45, 7) is 7.21. The van der Waals surface area contributed by atoms with Crippen molar-refractivity contribution in [3.8, 4) is 0 Å². The second-order valence-corrected chi connectivity index (χ2v) is 19.7. The van der Waals surface area contributed by atoms with Gasteiger partial charge in [0.1, 0.15) is 12.0 Å². The summed E-state index contributed by atoms with van der Waals surface area (Å²) in [5.41, 5.74) is 6.02. The van der Waals surface area contributed by atoms with Crippen molar-refractivity contribution in [2.45, 2.75) is 273 Å². The summed E-state index contributed by atoms with van der Waals surface area (Å²) in [6.07, 6.45) is -8.09. The van der Waals surface area contributed by atoms with Crippen LogP contribution in [0, 0.1) is 17.8 Å². The van der Waals surface area contributed by atoms with E-state index in [9.17, 15) is 71.2 Å². The molecule has 0 aromatic heterocycles. The highest BCUT2D eigenvalue weighted by Crippen LogP contribution is 2.29. The number of aliphatic hydroxyl groups excluding tert-OH is 12. The Morgan fingerprint density at radius 2 is 0.954 bits per heavy atom. The molecule has 0 aliphatic carbocycles. The molecule has 0 radical (unpaired) electrons. The zero-order valence-corrected chi connectivity index (χ0v) is 39.6. The van der Waals surface area contributed by atoms with Crippen LogP contribution in [0.2, 0.25) is 0 Å². The summed E-state index contributed by atoms with van der Waals surface area (Å²) in [4.78, 5) is 12.4. The normalized spacial score (nSPS) is 43.4. The smallest absolute Gasteiger partial charge is 0.311 e. The molecule has 65 heavy (non-hydrogen) atoms. The minimum absolute atomic E-state index is 0.0309. The first kappa shape index (κ1) is 60.0. The van der Waals surface area contributed by atoms with Crippen molar-refractivity contribution in [1.82, 2.24) is 0 Å². The highest BCUT2D eigenvalue weighted by Gasteiger charge is 2.43. The third kappa shape index (κ3) is 22.9. The van der Waals surface area contributed by atoms with Crippen molar-refractivity contribution in [3.05, 3.63) is 0 Å². The molecule has 0 bridgehead atoms. The van der Waals surface area contributed by atoms with E-state index in [4.69, 9.17) is 19.9 Å².